The molecule has 4 nitrogen and oxygen atoms in total. The molecule has 1 heterocycles. The van der Waals surface area contributed by atoms with Gasteiger partial charge >= 0.3 is 0 Å². The summed E-state index contributed by atoms with van der Waals surface area (Å²) in [5, 5.41) is 9.88. The van der Waals surface area contributed by atoms with Crippen LogP contribution in [0.1, 0.15) is 11.1 Å². The molecular formula is C17H10Cl3NO3S. The Morgan fingerprint density at radius 1 is 1.08 bits per heavy atom. The highest BCUT2D eigenvalue weighted by Crippen LogP contribution is 2.37. The Bertz CT molecular complexity index is 891. The van der Waals surface area contributed by atoms with Crippen LogP contribution in [0.2, 0.25) is 15.1 Å². The van der Waals surface area contributed by atoms with E-state index in [9.17, 15) is 14.7 Å². The fraction of sp³-hybridized carbons (Fsp3) is 0.0588. The quantitative estimate of drug-likeness (QED) is 0.665. The van der Waals surface area contributed by atoms with E-state index in [1.54, 1.807) is 24.3 Å². The summed E-state index contributed by atoms with van der Waals surface area (Å²) in [4.78, 5) is 26.1. The van der Waals surface area contributed by atoms with Crippen molar-refractivity contribution >= 4 is 63.8 Å². The van der Waals surface area contributed by atoms with Crippen LogP contribution in [-0.2, 0) is 11.3 Å². The maximum Gasteiger partial charge on any atom is 0.293 e. The standard InChI is InChI=1S/C17H10Cl3NO3S/c18-11-3-1-2-9(4-11)8-21-16(23)14(25-17(21)24)7-10-5-12(19)15(22)13(20)6-10/h1-7,22H,8H2/b14-7-. The van der Waals surface area contributed by atoms with Crippen molar-refractivity contribution < 1.29 is 14.7 Å². The van der Waals surface area contributed by atoms with Gasteiger partial charge in [0.25, 0.3) is 11.1 Å². The SMILES string of the molecule is O=C1S/C(=C\c2cc(Cl)c(O)c(Cl)c2)C(=O)N1Cc1cccc(Cl)c1. The molecule has 1 aliphatic heterocycles. The molecular weight excluding hydrogens is 405 g/mol. The molecule has 1 aliphatic rings. The normalized spacial score (nSPS) is 16.1. The molecule has 128 valence electrons. The van der Waals surface area contributed by atoms with Crippen LogP contribution in [0.15, 0.2) is 41.3 Å². The van der Waals surface area contributed by atoms with Gasteiger partial charge < -0.3 is 5.11 Å². The van der Waals surface area contributed by atoms with Gasteiger partial charge in [-0.2, -0.15) is 0 Å². The van der Waals surface area contributed by atoms with E-state index in [0.717, 1.165) is 22.2 Å². The van der Waals surface area contributed by atoms with Crippen molar-refractivity contribution in [1.29, 1.82) is 0 Å². The number of imide groups is 1. The molecule has 1 fully saturated rings. The number of carbonyl (C=O) groups excluding carboxylic acids is 2. The number of phenols is 1. The Morgan fingerprint density at radius 3 is 2.40 bits per heavy atom. The Labute approximate surface area is 163 Å². The highest BCUT2D eigenvalue weighted by Gasteiger charge is 2.35. The molecule has 1 N–H and O–H groups in total. The van der Waals surface area contributed by atoms with Gasteiger partial charge in [0.2, 0.25) is 0 Å². The van der Waals surface area contributed by atoms with E-state index in [1.165, 1.54) is 18.2 Å². The molecule has 0 saturated carbocycles. The number of hydrogen-bond donors (Lipinski definition) is 1. The number of rotatable bonds is 3. The van der Waals surface area contributed by atoms with Gasteiger partial charge in [-0.1, -0.05) is 46.9 Å². The number of halogens is 3. The minimum Gasteiger partial charge on any atom is -0.505 e. The van der Waals surface area contributed by atoms with Crippen LogP contribution in [0.5, 0.6) is 5.75 Å². The topological polar surface area (TPSA) is 57.6 Å². The van der Waals surface area contributed by atoms with Gasteiger partial charge in [0.05, 0.1) is 21.5 Å². The molecule has 0 unspecified atom stereocenters. The fourth-order valence-electron chi connectivity index (χ4n) is 2.27. The van der Waals surface area contributed by atoms with Gasteiger partial charge in [-0.25, -0.2) is 0 Å². The number of aromatic hydroxyl groups is 1. The van der Waals surface area contributed by atoms with Crippen LogP contribution >= 0.6 is 46.6 Å². The van der Waals surface area contributed by atoms with Crippen LogP contribution in [0, 0.1) is 0 Å². The predicted molar refractivity (Wildman–Crippen MR) is 101 cm³/mol. The predicted octanol–water partition coefficient (Wildman–Crippen LogP) is 5.59. The zero-order valence-electron chi connectivity index (χ0n) is 12.5. The van der Waals surface area contributed by atoms with E-state index in [1.807, 2.05) is 0 Å². The molecule has 0 bridgehead atoms. The van der Waals surface area contributed by atoms with Crippen LogP contribution in [0.3, 0.4) is 0 Å². The number of phenolic OH excluding ortho intramolecular Hbond substituents is 1. The number of carbonyl (C=O) groups is 2. The lowest BCUT2D eigenvalue weighted by Crippen LogP contribution is -2.27. The third-order valence-corrected chi connectivity index (χ3v) is 5.16. The summed E-state index contributed by atoms with van der Waals surface area (Å²) >= 11 is 18.5. The Balaban J connectivity index is 1.86. The summed E-state index contributed by atoms with van der Waals surface area (Å²) in [6, 6.07) is 9.90. The average molecular weight is 415 g/mol. The Hall–Kier alpha value is -1.66. The summed E-state index contributed by atoms with van der Waals surface area (Å²) in [6.07, 6.45) is 1.51. The minimum absolute atomic E-state index is 0.0666. The zero-order chi connectivity index (χ0) is 18.1. The summed E-state index contributed by atoms with van der Waals surface area (Å²) in [6.45, 7) is 0.139. The van der Waals surface area contributed by atoms with Gasteiger partial charge in [-0.3, -0.25) is 14.5 Å². The largest absolute Gasteiger partial charge is 0.505 e. The molecule has 1 saturated heterocycles. The first-order valence-electron chi connectivity index (χ1n) is 7.03. The molecule has 3 rings (SSSR count). The van der Waals surface area contributed by atoms with Crippen molar-refractivity contribution in [2.75, 3.05) is 0 Å². The fourth-order valence-corrected chi connectivity index (χ4v) is 3.83. The van der Waals surface area contributed by atoms with Gasteiger partial charge in [-0.15, -0.1) is 0 Å². The van der Waals surface area contributed by atoms with Crippen molar-refractivity contribution in [1.82, 2.24) is 4.90 Å². The maximum atomic E-state index is 12.5. The van der Waals surface area contributed by atoms with Crippen molar-refractivity contribution in [3.8, 4) is 5.75 Å². The highest BCUT2D eigenvalue weighted by molar-refractivity contribution is 8.18. The summed E-state index contributed by atoms with van der Waals surface area (Å²) < 4.78 is 0. The number of thioether (sulfide) groups is 1. The van der Waals surface area contributed by atoms with Gasteiger partial charge in [-0.05, 0) is 53.2 Å². The van der Waals surface area contributed by atoms with Crippen LogP contribution in [-0.4, -0.2) is 21.2 Å². The first-order chi connectivity index (χ1) is 11.8. The molecule has 2 amide bonds. The molecule has 2 aromatic carbocycles. The van der Waals surface area contributed by atoms with Gasteiger partial charge in [0, 0.05) is 5.02 Å². The number of benzene rings is 2. The van der Waals surface area contributed by atoms with Crippen LogP contribution in [0.4, 0.5) is 4.79 Å². The van der Waals surface area contributed by atoms with Crippen molar-refractivity contribution in [2.24, 2.45) is 0 Å². The van der Waals surface area contributed by atoms with Gasteiger partial charge in [0.1, 0.15) is 0 Å². The number of amides is 2. The maximum absolute atomic E-state index is 12.5. The molecule has 25 heavy (non-hydrogen) atoms. The third kappa shape index (κ3) is 3.96. The molecule has 0 aliphatic carbocycles. The monoisotopic (exact) mass is 413 g/mol. The molecule has 0 atom stereocenters. The van der Waals surface area contributed by atoms with E-state index in [2.05, 4.69) is 0 Å². The van der Waals surface area contributed by atoms with E-state index in [4.69, 9.17) is 34.8 Å². The highest BCUT2D eigenvalue weighted by atomic mass is 35.5. The summed E-state index contributed by atoms with van der Waals surface area (Å²) in [5.41, 5.74) is 1.27. The Kier molecular flexibility index (Phi) is 5.29. The second kappa shape index (κ2) is 7.30. The first kappa shape index (κ1) is 18.1. The number of nitrogens with zero attached hydrogens (tertiary/aromatic N) is 1. The lowest BCUT2D eigenvalue weighted by molar-refractivity contribution is -0.123. The van der Waals surface area contributed by atoms with Crippen molar-refractivity contribution in [3.05, 3.63) is 67.5 Å². The first-order valence-corrected chi connectivity index (χ1v) is 8.98. The second-order valence-electron chi connectivity index (χ2n) is 5.23. The lowest BCUT2D eigenvalue weighted by atomic mass is 10.2. The Morgan fingerprint density at radius 2 is 1.76 bits per heavy atom. The molecule has 0 spiro atoms. The van der Waals surface area contributed by atoms with Crippen LogP contribution < -0.4 is 0 Å². The van der Waals surface area contributed by atoms with Gasteiger partial charge in [0.15, 0.2) is 5.75 Å². The van der Waals surface area contributed by atoms with Crippen molar-refractivity contribution in [3.63, 3.8) is 0 Å². The minimum atomic E-state index is -0.407. The number of hydrogen-bond acceptors (Lipinski definition) is 4. The molecule has 0 aromatic heterocycles. The average Bonchev–Trinajstić information content (AvgIpc) is 2.80. The second-order valence-corrected chi connectivity index (χ2v) is 7.47. The lowest BCUT2D eigenvalue weighted by Gasteiger charge is -2.12. The summed E-state index contributed by atoms with van der Waals surface area (Å²) in [5.74, 6) is -0.634. The third-order valence-electron chi connectivity index (χ3n) is 3.44. The van der Waals surface area contributed by atoms with E-state index >= 15 is 0 Å². The zero-order valence-corrected chi connectivity index (χ0v) is 15.6. The summed E-state index contributed by atoms with van der Waals surface area (Å²) in [7, 11) is 0. The van der Waals surface area contributed by atoms with Crippen molar-refractivity contribution in [2.45, 2.75) is 6.54 Å². The van der Waals surface area contributed by atoms with E-state index < -0.39 is 5.91 Å². The molecule has 8 heteroatoms. The molecule has 2 aromatic rings. The van der Waals surface area contributed by atoms with E-state index in [0.29, 0.717) is 10.6 Å². The molecule has 0 radical (unpaired) electrons. The van der Waals surface area contributed by atoms with E-state index in [-0.39, 0.29) is 32.5 Å². The van der Waals surface area contributed by atoms with Crippen LogP contribution in [0.25, 0.3) is 6.08 Å². The smallest absolute Gasteiger partial charge is 0.293 e.